The summed E-state index contributed by atoms with van der Waals surface area (Å²) in [6.45, 7) is 8.64. The molecule has 0 unspecified atom stereocenters. The van der Waals surface area contributed by atoms with E-state index < -0.39 is 0 Å². The van der Waals surface area contributed by atoms with Crippen molar-refractivity contribution in [2.75, 3.05) is 13.1 Å². The van der Waals surface area contributed by atoms with Gasteiger partial charge in [0.15, 0.2) is 0 Å². The minimum atomic E-state index is 0.171. The van der Waals surface area contributed by atoms with Gasteiger partial charge in [0.2, 0.25) is 5.91 Å². The van der Waals surface area contributed by atoms with Gasteiger partial charge >= 0.3 is 0 Å². The summed E-state index contributed by atoms with van der Waals surface area (Å²) in [6.07, 6.45) is 6.63. The smallest absolute Gasteiger partial charge is 0.220 e. The Morgan fingerprint density at radius 3 is 2.65 bits per heavy atom. The summed E-state index contributed by atoms with van der Waals surface area (Å²) < 4.78 is 0. The number of benzene rings is 1. The molecule has 128 valence electrons. The van der Waals surface area contributed by atoms with E-state index in [1.54, 1.807) is 0 Å². The summed E-state index contributed by atoms with van der Waals surface area (Å²) in [5, 5.41) is 3.02. The van der Waals surface area contributed by atoms with Gasteiger partial charge in [0.05, 0.1) is 0 Å². The number of unbranched alkanes of at least 4 members (excludes halogenated alkanes) is 2. The lowest BCUT2D eigenvalue weighted by Gasteiger charge is -2.30. The maximum Gasteiger partial charge on any atom is 0.220 e. The van der Waals surface area contributed by atoms with Crippen molar-refractivity contribution in [3.05, 3.63) is 35.4 Å². The first-order valence-electron chi connectivity index (χ1n) is 9.24. The number of hydrogen-bond donors (Lipinski definition) is 1. The summed E-state index contributed by atoms with van der Waals surface area (Å²) in [7, 11) is 0. The lowest BCUT2D eigenvalue weighted by atomic mass is 9.99. The van der Waals surface area contributed by atoms with Crippen molar-refractivity contribution < 1.29 is 4.79 Å². The molecular weight excluding hydrogens is 284 g/mol. The molecule has 0 bridgehead atoms. The van der Waals surface area contributed by atoms with Gasteiger partial charge in [0.25, 0.3) is 0 Å². The predicted molar refractivity (Wildman–Crippen MR) is 96.1 cm³/mol. The van der Waals surface area contributed by atoms with E-state index in [0.717, 1.165) is 31.7 Å². The van der Waals surface area contributed by atoms with Gasteiger partial charge in [-0.15, -0.1) is 0 Å². The molecule has 1 saturated heterocycles. The molecule has 1 N–H and O–H groups in total. The van der Waals surface area contributed by atoms with Gasteiger partial charge < -0.3 is 5.32 Å². The first kappa shape index (κ1) is 18.0. The normalized spacial score (nSPS) is 18.8. The monoisotopic (exact) mass is 316 g/mol. The van der Waals surface area contributed by atoms with E-state index in [4.69, 9.17) is 0 Å². The minimum Gasteiger partial charge on any atom is -0.352 e. The molecule has 3 heteroatoms. The van der Waals surface area contributed by atoms with Crippen LogP contribution in [0, 0.1) is 5.92 Å². The first-order chi connectivity index (χ1) is 11.2. The Morgan fingerprint density at radius 2 is 1.96 bits per heavy atom. The van der Waals surface area contributed by atoms with Crippen LogP contribution in [0.4, 0.5) is 0 Å². The summed E-state index contributed by atoms with van der Waals surface area (Å²) in [5.74, 6) is 0.996. The number of carbonyl (C=O) groups is 1. The van der Waals surface area contributed by atoms with Crippen molar-refractivity contribution in [3.63, 3.8) is 0 Å². The number of hydrogen-bond acceptors (Lipinski definition) is 2. The Hall–Kier alpha value is -1.35. The lowest BCUT2D eigenvalue weighted by Crippen LogP contribution is -2.33. The first-order valence-corrected chi connectivity index (χ1v) is 9.24. The Bertz CT molecular complexity index is 469. The molecule has 1 aromatic rings. The van der Waals surface area contributed by atoms with Crippen molar-refractivity contribution in [3.8, 4) is 0 Å². The van der Waals surface area contributed by atoms with E-state index in [1.165, 1.54) is 37.1 Å². The van der Waals surface area contributed by atoms with Crippen LogP contribution in [0.2, 0.25) is 0 Å². The molecule has 0 aliphatic carbocycles. The maximum absolute atomic E-state index is 11.7. The van der Waals surface area contributed by atoms with Crippen molar-refractivity contribution in [2.45, 2.75) is 65.5 Å². The molecule has 1 aliphatic heterocycles. The molecule has 1 aromatic carbocycles. The molecule has 0 saturated carbocycles. The zero-order valence-corrected chi connectivity index (χ0v) is 14.8. The number of likely N-dealkylation sites (tertiary alicyclic amines) is 1. The second-order valence-electron chi connectivity index (χ2n) is 7.03. The Kier molecular flexibility index (Phi) is 7.60. The number of amides is 1. The topological polar surface area (TPSA) is 32.3 Å². The zero-order chi connectivity index (χ0) is 16.5. The second kappa shape index (κ2) is 9.71. The van der Waals surface area contributed by atoms with Crippen LogP contribution < -0.4 is 5.32 Å². The zero-order valence-electron chi connectivity index (χ0n) is 14.8. The molecule has 1 amide bonds. The van der Waals surface area contributed by atoms with Gasteiger partial charge in [-0.3, -0.25) is 9.69 Å². The van der Waals surface area contributed by atoms with Crippen molar-refractivity contribution in [1.82, 2.24) is 10.2 Å². The highest BCUT2D eigenvalue weighted by molar-refractivity contribution is 5.75. The van der Waals surface area contributed by atoms with E-state index in [1.807, 2.05) is 0 Å². The molecule has 0 spiro atoms. The number of piperidine rings is 1. The van der Waals surface area contributed by atoms with Crippen molar-refractivity contribution >= 4 is 5.91 Å². The molecular formula is C20H32N2O. The minimum absolute atomic E-state index is 0.171. The lowest BCUT2D eigenvalue weighted by molar-refractivity contribution is -0.121. The molecule has 1 atom stereocenters. The molecule has 23 heavy (non-hydrogen) atoms. The summed E-state index contributed by atoms with van der Waals surface area (Å²) >= 11 is 0. The van der Waals surface area contributed by atoms with E-state index in [-0.39, 0.29) is 5.91 Å². The van der Waals surface area contributed by atoms with Crippen LogP contribution in [0.3, 0.4) is 0 Å². The van der Waals surface area contributed by atoms with E-state index >= 15 is 0 Å². The van der Waals surface area contributed by atoms with Gasteiger partial charge in [-0.1, -0.05) is 51.0 Å². The molecule has 3 nitrogen and oxygen atoms in total. The SMILES string of the molecule is CCCCCC(=O)NCc1ccc(CN2CCC[C@@H](C)C2)cc1. The van der Waals surface area contributed by atoms with E-state index in [9.17, 15) is 4.79 Å². The number of nitrogens with zero attached hydrogens (tertiary/aromatic N) is 1. The van der Waals surface area contributed by atoms with Gasteiger partial charge in [-0.25, -0.2) is 0 Å². The van der Waals surface area contributed by atoms with Gasteiger partial charge in [-0.2, -0.15) is 0 Å². The molecule has 0 radical (unpaired) electrons. The van der Waals surface area contributed by atoms with Crippen LogP contribution in [0.25, 0.3) is 0 Å². The summed E-state index contributed by atoms with van der Waals surface area (Å²) in [5.41, 5.74) is 2.56. The average molecular weight is 316 g/mol. The fraction of sp³-hybridized carbons (Fsp3) is 0.650. The van der Waals surface area contributed by atoms with Crippen LogP contribution in [0.5, 0.6) is 0 Å². The highest BCUT2D eigenvalue weighted by Gasteiger charge is 2.16. The van der Waals surface area contributed by atoms with Gasteiger partial charge in [0, 0.05) is 26.1 Å². The standard InChI is InChI=1S/C20H32N2O/c1-3-4-5-8-20(23)21-14-18-9-11-19(12-10-18)16-22-13-6-7-17(2)15-22/h9-12,17H,3-8,13-16H2,1-2H3,(H,21,23)/t17-/m1/s1. The number of rotatable bonds is 8. The molecule has 1 fully saturated rings. The summed E-state index contributed by atoms with van der Waals surface area (Å²) in [6, 6.07) is 8.71. The molecule has 2 rings (SSSR count). The highest BCUT2D eigenvalue weighted by atomic mass is 16.1. The Balaban J connectivity index is 1.72. The van der Waals surface area contributed by atoms with Crippen molar-refractivity contribution in [1.29, 1.82) is 0 Å². The third kappa shape index (κ3) is 6.74. The highest BCUT2D eigenvalue weighted by Crippen LogP contribution is 2.18. The molecule has 0 aromatic heterocycles. The Labute approximate surface area is 141 Å². The van der Waals surface area contributed by atoms with Gasteiger partial charge in [0.1, 0.15) is 0 Å². The largest absolute Gasteiger partial charge is 0.352 e. The van der Waals surface area contributed by atoms with Crippen LogP contribution in [0.15, 0.2) is 24.3 Å². The summed E-state index contributed by atoms with van der Waals surface area (Å²) in [4.78, 5) is 14.3. The fourth-order valence-electron chi connectivity index (χ4n) is 3.28. The fourth-order valence-corrected chi connectivity index (χ4v) is 3.28. The van der Waals surface area contributed by atoms with Crippen LogP contribution in [-0.4, -0.2) is 23.9 Å². The quantitative estimate of drug-likeness (QED) is 0.732. The van der Waals surface area contributed by atoms with Crippen LogP contribution >= 0.6 is 0 Å². The van der Waals surface area contributed by atoms with Crippen molar-refractivity contribution in [2.24, 2.45) is 5.92 Å². The third-order valence-corrected chi connectivity index (χ3v) is 4.67. The van der Waals surface area contributed by atoms with Crippen LogP contribution in [-0.2, 0) is 17.9 Å². The maximum atomic E-state index is 11.7. The van der Waals surface area contributed by atoms with Crippen LogP contribution in [0.1, 0.15) is 63.5 Å². The van der Waals surface area contributed by atoms with E-state index in [0.29, 0.717) is 13.0 Å². The molecule has 1 aliphatic rings. The number of nitrogens with one attached hydrogen (secondary N) is 1. The molecule has 1 heterocycles. The third-order valence-electron chi connectivity index (χ3n) is 4.67. The van der Waals surface area contributed by atoms with Gasteiger partial charge in [-0.05, 0) is 42.9 Å². The average Bonchev–Trinajstić information content (AvgIpc) is 2.54. The van der Waals surface area contributed by atoms with E-state index in [2.05, 4.69) is 48.3 Å². The number of carbonyl (C=O) groups excluding carboxylic acids is 1. The predicted octanol–water partition coefficient (Wildman–Crippen LogP) is 4.12. The Morgan fingerprint density at radius 1 is 1.22 bits per heavy atom. The second-order valence-corrected chi connectivity index (χ2v) is 7.03.